The van der Waals surface area contributed by atoms with Crippen LogP contribution >= 0.6 is 0 Å². The van der Waals surface area contributed by atoms with Crippen LogP contribution < -0.4 is 10.6 Å². The third-order valence-corrected chi connectivity index (χ3v) is 2.02. The van der Waals surface area contributed by atoms with Gasteiger partial charge in [0.25, 0.3) is 0 Å². The number of amides is 2. The average Bonchev–Trinajstić information content (AvgIpc) is 2.26. The van der Waals surface area contributed by atoms with Crippen molar-refractivity contribution in [2.75, 3.05) is 7.05 Å². The van der Waals surface area contributed by atoms with E-state index in [0.717, 1.165) is 5.57 Å². The highest BCUT2D eigenvalue weighted by molar-refractivity contribution is 5.90. The number of likely N-dealkylation sites (N-methyl/N-ethyl adjacent to an activating group) is 1. The predicted molar refractivity (Wildman–Crippen MR) is 64.8 cm³/mol. The molecule has 2 N–H and O–H groups in total. The SMILES string of the molecule is C=C/C=C(\C=C/C)CC(NC)C(=O)NC=O. The van der Waals surface area contributed by atoms with Crippen molar-refractivity contribution in [2.24, 2.45) is 0 Å². The van der Waals surface area contributed by atoms with Crippen molar-refractivity contribution in [3.8, 4) is 0 Å². The van der Waals surface area contributed by atoms with Gasteiger partial charge in [0, 0.05) is 0 Å². The third kappa shape index (κ3) is 5.26. The molecule has 0 heterocycles. The number of rotatable bonds is 7. The molecular formula is C12H18N2O2. The molecular weight excluding hydrogens is 204 g/mol. The fourth-order valence-electron chi connectivity index (χ4n) is 1.28. The van der Waals surface area contributed by atoms with Crippen LogP contribution in [-0.2, 0) is 9.59 Å². The average molecular weight is 222 g/mol. The minimum absolute atomic E-state index is 0.336. The quantitative estimate of drug-likeness (QED) is 0.497. The first-order valence-corrected chi connectivity index (χ1v) is 5.05. The van der Waals surface area contributed by atoms with Crippen molar-refractivity contribution in [1.29, 1.82) is 0 Å². The van der Waals surface area contributed by atoms with Gasteiger partial charge >= 0.3 is 0 Å². The van der Waals surface area contributed by atoms with Crippen LogP contribution in [0.2, 0.25) is 0 Å². The van der Waals surface area contributed by atoms with Gasteiger partial charge in [-0.2, -0.15) is 0 Å². The van der Waals surface area contributed by atoms with Crippen LogP contribution in [0.5, 0.6) is 0 Å². The molecule has 0 radical (unpaired) electrons. The molecule has 0 aliphatic rings. The van der Waals surface area contributed by atoms with Gasteiger partial charge in [-0.05, 0) is 26.0 Å². The molecule has 4 heteroatoms. The van der Waals surface area contributed by atoms with E-state index in [0.29, 0.717) is 12.8 Å². The van der Waals surface area contributed by atoms with E-state index in [2.05, 4.69) is 17.2 Å². The monoisotopic (exact) mass is 222 g/mol. The number of allylic oxidation sites excluding steroid dienone is 4. The fraction of sp³-hybridized carbons (Fsp3) is 0.333. The van der Waals surface area contributed by atoms with Gasteiger partial charge in [-0.25, -0.2) is 0 Å². The summed E-state index contributed by atoms with van der Waals surface area (Å²) in [4.78, 5) is 21.6. The molecule has 1 unspecified atom stereocenters. The molecule has 88 valence electrons. The van der Waals surface area contributed by atoms with Crippen molar-refractivity contribution in [3.05, 3.63) is 36.5 Å². The van der Waals surface area contributed by atoms with Crippen LogP contribution in [0.1, 0.15) is 13.3 Å². The Morgan fingerprint density at radius 1 is 1.50 bits per heavy atom. The normalized spacial score (nSPS) is 13.5. The Morgan fingerprint density at radius 2 is 2.19 bits per heavy atom. The van der Waals surface area contributed by atoms with E-state index in [1.807, 2.05) is 25.2 Å². The van der Waals surface area contributed by atoms with E-state index in [1.54, 1.807) is 13.1 Å². The molecule has 16 heavy (non-hydrogen) atoms. The second-order valence-corrected chi connectivity index (χ2v) is 3.15. The maximum atomic E-state index is 11.4. The molecule has 0 fully saturated rings. The summed E-state index contributed by atoms with van der Waals surface area (Å²) >= 11 is 0. The van der Waals surface area contributed by atoms with Crippen LogP contribution in [0, 0.1) is 0 Å². The number of hydrogen-bond acceptors (Lipinski definition) is 3. The van der Waals surface area contributed by atoms with Crippen molar-refractivity contribution in [1.82, 2.24) is 10.6 Å². The van der Waals surface area contributed by atoms with E-state index in [1.165, 1.54) is 0 Å². The Balaban J connectivity index is 4.60. The number of imide groups is 1. The van der Waals surface area contributed by atoms with Crippen LogP contribution in [0.4, 0.5) is 0 Å². The van der Waals surface area contributed by atoms with Crippen LogP contribution in [0.15, 0.2) is 36.5 Å². The van der Waals surface area contributed by atoms with Crippen molar-refractivity contribution < 1.29 is 9.59 Å². The van der Waals surface area contributed by atoms with Gasteiger partial charge < -0.3 is 5.32 Å². The van der Waals surface area contributed by atoms with Crippen LogP contribution in [0.25, 0.3) is 0 Å². The molecule has 0 saturated carbocycles. The molecule has 4 nitrogen and oxygen atoms in total. The van der Waals surface area contributed by atoms with Gasteiger partial charge in [0.1, 0.15) is 0 Å². The lowest BCUT2D eigenvalue weighted by molar-refractivity contribution is -0.126. The molecule has 0 spiro atoms. The number of nitrogens with one attached hydrogen (secondary N) is 2. The first-order chi connectivity index (χ1) is 7.69. The molecule has 0 rings (SSSR count). The molecule has 0 bridgehead atoms. The van der Waals surface area contributed by atoms with Gasteiger partial charge in [0.05, 0.1) is 6.04 Å². The zero-order chi connectivity index (χ0) is 12.4. The molecule has 0 saturated heterocycles. The summed E-state index contributed by atoms with van der Waals surface area (Å²) in [6, 6.07) is -0.424. The smallest absolute Gasteiger partial charge is 0.243 e. The maximum Gasteiger partial charge on any atom is 0.243 e. The highest BCUT2D eigenvalue weighted by atomic mass is 16.2. The van der Waals surface area contributed by atoms with Crippen molar-refractivity contribution in [2.45, 2.75) is 19.4 Å². The van der Waals surface area contributed by atoms with E-state index >= 15 is 0 Å². The Kier molecular flexibility index (Phi) is 7.71. The molecule has 0 aliphatic carbocycles. The second-order valence-electron chi connectivity index (χ2n) is 3.15. The van der Waals surface area contributed by atoms with Gasteiger partial charge in [0.15, 0.2) is 0 Å². The minimum atomic E-state index is -0.424. The first-order valence-electron chi connectivity index (χ1n) is 5.05. The van der Waals surface area contributed by atoms with Gasteiger partial charge in [-0.1, -0.05) is 30.9 Å². The number of carbonyl (C=O) groups excluding carboxylic acids is 2. The standard InChI is InChI=1S/C12H18N2O2/c1-4-6-10(7-5-2)8-11(13-3)12(16)14-9-15/h4-7,9,11,13H,1,8H2,2-3H3,(H,14,15,16)/b7-5-,10-6+. The van der Waals surface area contributed by atoms with E-state index in [4.69, 9.17) is 0 Å². The lowest BCUT2D eigenvalue weighted by Crippen LogP contribution is -2.42. The van der Waals surface area contributed by atoms with Crippen LogP contribution in [0.3, 0.4) is 0 Å². The summed E-state index contributed by atoms with van der Waals surface area (Å²) in [6.45, 7) is 5.51. The Bertz CT molecular complexity index is 306. The highest BCUT2D eigenvalue weighted by Crippen LogP contribution is 2.08. The second kappa shape index (κ2) is 8.61. The predicted octanol–water partition coefficient (Wildman–Crippen LogP) is 0.926. The van der Waals surface area contributed by atoms with Gasteiger partial charge in [-0.3, -0.25) is 14.9 Å². The summed E-state index contributed by atoms with van der Waals surface area (Å²) < 4.78 is 0. The fourth-order valence-corrected chi connectivity index (χ4v) is 1.28. The number of hydrogen-bond donors (Lipinski definition) is 2. The Morgan fingerprint density at radius 3 is 2.62 bits per heavy atom. The summed E-state index contributed by atoms with van der Waals surface area (Å²) in [6.07, 6.45) is 8.18. The van der Waals surface area contributed by atoms with E-state index in [9.17, 15) is 9.59 Å². The molecule has 1 atom stereocenters. The molecule has 0 aromatic rings. The van der Waals surface area contributed by atoms with Crippen molar-refractivity contribution in [3.63, 3.8) is 0 Å². The maximum absolute atomic E-state index is 11.4. The lowest BCUT2D eigenvalue weighted by Gasteiger charge is -2.14. The number of carbonyl (C=O) groups is 2. The topological polar surface area (TPSA) is 58.2 Å². The van der Waals surface area contributed by atoms with E-state index in [-0.39, 0.29) is 5.91 Å². The summed E-state index contributed by atoms with van der Waals surface area (Å²) in [7, 11) is 1.68. The summed E-state index contributed by atoms with van der Waals surface area (Å²) in [5.41, 5.74) is 0.970. The van der Waals surface area contributed by atoms with Gasteiger partial charge in [0.2, 0.25) is 12.3 Å². The molecule has 2 amide bonds. The summed E-state index contributed by atoms with van der Waals surface area (Å²) in [5, 5.41) is 4.98. The van der Waals surface area contributed by atoms with Gasteiger partial charge in [-0.15, -0.1) is 0 Å². The molecule has 0 aromatic heterocycles. The zero-order valence-electron chi connectivity index (χ0n) is 9.69. The third-order valence-electron chi connectivity index (χ3n) is 2.02. The summed E-state index contributed by atoms with van der Waals surface area (Å²) in [5.74, 6) is -0.336. The van der Waals surface area contributed by atoms with Crippen LogP contribution in [-0.4, -0.2) is 25.4 Å². The van der Waals surface area contributed by atoms with E-state index < -0.39 is 6.04 Å². The molecule has 0 aromatic carbocycles. The van der Waals surface area contributed by atoms with Crippen molar-refractivity contribution >= 4 is 12.3 Å². The zero-order valence-corrected chi connectivity index (χ0v) is 9.69. The Hall–Kier alpha value is -1.68. The first kappa shape index (κ1) is 14.3. The highest BCUT2D eigenvalue weighted by Gasteiger charge is 2.16. The minimum Gasteiger partial charge on any atom is -0.309 e. The Labute approximate surface area is 96.1 Å². The largest absolute Gasteiger partial charge is 0.309 e. The molecule has 0 aliphatic heterocycles. The lowest BCUT2D eigenvalue weighted by atomic mass is 10.0.